The molecule has 0 aromatic heterocycles. The highest BCUT2D eigenvalue weighted by molar-refractivity contribution is 8.15. The molecule has 5 heteroatoms. The lowest BCUT2D eigenvalue weighted by Gasteiger charge is -2.15. The van der Waals surface area contributed by atoms with Crippen LogP contribution in [-0.2, 0) is 0 Å². The Kier molecular flexibility index (Phi) is 5.08. The number of hydrogen-bond acceptors (Lipinski definition) is 3. The van der Waals surface area contributed by atoms with Crippen molar-refractivity contribution in [2.24, 2.45) is 0 Å². The average Bonchev–Trinajstić information content (AvgIpc) is 2.26. The summed E-state index contributed by atoms with van der Waals surface area (Å²) >= 11 is 1.35. The molecule has 0 atom stereocenters. The largest absolute Gasteiger partial charge is 0.495 e. The summed E-state index contributed by atoms with van der Waals surface area (Å²) in [6.07, 6.45) is 0. The number of anilines is 1. The first-order valence-electron chi connectivity index (χ1n) is 5.49. The number of rotatable bonds is 4. The SMILES string of the molecule is COc1ccccc1NC(=O)SC[Si](C)(C)C. The summed E-state index contributed by atoms with van der Waals surface area (Å²) in [4.78, 5) is 11.7. The van der Waals surface area contributed by atoms with Gasteiger partial charge in [-0.2, -0.15) is 0 Å². The fraction of sp³-hybridized carbons (Fsp3) is 0.417. The van der Waals surface area contributed by atoms with E-state index in [0.29, 0.717) is 5.75 Å². The van der Waals surface area contributed by atoms with Crippen molar-refractivity contribution < 1.29 is 9.53 Å². The lowest BCUT2D eigenvalue weighted by molar-refractivity contribution is 0.269. The first-order valence-corrected chi connectivity index (χ1v) is 10.2. The molecule has 94 valence electrons. The van der Waals surface area contributed by atoms with Gasteiger partial charge in [0, 0.05) is 0 Å². The molecule has 0 aliphatic rings. The number of amides is 1. The third-order valence-electron chi connectivity index (χ3n) is 1.98. The van der Waals surface area contributed by atoms with Crippen LogP contribution in [0.15, 0.2) is 24.3 Å². The van der Waals surface area contributed by atoms with Crippen molar-refractivity contribution >= 4 is 30.8 Å². The number of ether oxygens (including phenoxy) is 1. The van der Waals surface area contributed by atoms with Gasteiger partial charge in [0.05, 0.1) is 20.9 Å². The molecular weight excluding hydrogens is 250 g/mol. The second-order valence-corrected chi connectivity index (χ2v) is 11.9. The van der Waals surface area contributed by atoms with Crippen LogP contribution < -0.4 is 10.1 Å². The number of thioether (sulfide) groups is 1. The molecule has 0 saturated heterocycles. The number of benzene rings is 1. The zero-order chi connectivity index (χ0) is 12.9. The first kappa shape index (κ1) is 14.1. The van der Waals surface area contributed by atoms with Crippen molar-refractivity contribution in [3.8, 4) is 5.75 Å². The van der Waals surface area contributed by atoms with Gasteiger partial charge >= 0.3 is 0 Å². The number of methoxy groups -OCH3 is 1. The summed E-state index contributed by atoms with van der Waals surface area (Å²) in [6.45, 7) is 6.74. The lowest BCUT2D eigenvalue weighted by atomic mass is 10.3. The maximum Gasteiger partial charge on any atom is 0.283 e. The molecule has 1 N–H and O–H groups in total. The number of nitrogens with one attached hydrogen (secondary N) is 1. The molecule has 0 bridgehead atoms. The standard InChI is InChI=1S/C12H19NO2SSi/c1-15-11-8-6-5-7-10(11)13-12(14)16-9-17(2,3)4/h5-8H,9H2,1-4H3,(H,13,14). The van der Waals surface area contributed by atoms with E-state index in [0.717, 1.165) is 11.1 Å². The molecule has 1 amide bonds. The van der Waals surface area contributed by atoms with Crippen LogP contribution in [0.25, 0.3) is 0 Å². The highest BCUT2D eigenvalue weighted by atomic mass is 32.2. The molecule has 0 spiro atoms. The molecule has 1 rings (SSSR count). The molecule has 0 aliphatic heterocycles. The van der Waals surface area contributed by atoms with Gasteiger partial charge in [0.25, 0.3) is 5.24 Å². The van der Waals surface area contributed by atoms with E-state index in [4.69, 9.17) is 4.74 Å². The Bertz CT molecular complexity index is 390. The molecule has 1 aromatic carbocycles. The smallest absolute Gasteiger partial charge is 0.283 e. The highest BCUT2D eigenvalue weighted by Crippen LogP contribution is 2.24. The highest BCUT2D eigenvalue weighted by Gasteiger charge is 2.16. The van der Waals surface area contributed by atoms with E-state index >= 15 is 0 Å². The first-order chi connectivity index (χ1) is 7.92. The van der Waals surface area contributed by atoms with E-state index in [1.165, 1.54) is 11.8 Å². The summed E-state index contributed by atoms with van der Waals surface area (Å²) in [5, 5.41) is 3.76. The van der Waals surface area contributed by atoms with Crippen LogP contribution in [-0.4, -0.2) is 25.8 Å². The molecule has 0 fully saturated rings. The van der Waals surface area contributed by atoms with Gasteiger partial charge in [0.1, 0.15) is 5.75 Å². The number of carbonyl (C=O) groups is 1. The Hall–Kier alpha value is -0.943. The molecule has 1 aromatic rings. The quantitative estimate of drug-likeness (QED) is 0.844. The van der Waals surface area contributed by atoms with E-state index in [1.54, 1.807) is 7.11 Å². The van der Waals surface area contributed by atoms with Crippen molar-refractivity contribution in [2.45, 2.75) is 19.6 Å². The molecule has 0 heterocycles. The predicted molar refractivity (Wildman–Crippen MR) is 77.8 cm³/mol. The zero-order valence-electron chi connectivity index (χ0n) is 10.7. The third-order valence-corrected chi connectivity index (χ3v) is 6.39. The van der Waals surface area contributed by atoms with Gasteiger partial charge in [-0.15, -0.1) is 0 Å². The zero-order valence-corrected chi connectivity index (χ0v) is 12.6. The summed E-state index contributed by atoms with van der Waals surface area (Å²) in [5.74, 6) is 0.689. The van der Waals surface area contributed by atoms with E-state index in [1.807, 2.05) is 24.3 Å². The summed E-state index contributed by atoms with van der Waals surface area (Å²) in [6, 6.07) is 7.43. The second kappa shape index (κ2) is 6.12. The fourth-order valence-electron chi connectivity index (χ4n) is 1.18. The van der Waals surface area contributed by atoms with Crippen LogP contribution in [0, 0.1) is 0 Å². The Morgan fingerprint density at radius 2 is 2.00 bits per heavy atom. The lowest BCUT2D eigenvalue weighted by Crippen LogP contribution is -2.25. The van der Waals surface area contributed by atoms with Gasteiger partial charge < -0.3 is 10.1 Å². The Labute approximate surface area is 108 Å². The van der Waals surface area contributed by atoms with Gasteiger partial charge in [-0.3, -0.25) is 4.79 Å². The van der Waals surface area contributed by atoms with Crippen LogP contribution in [0.2, 0.25) is 19.6 Å². The number of hydrogen-bond donors (Lipinski definition) is 1. The molecule has 0 aliphatic carbocycles. The van der Waals surface area contributed by atoms with Crippen molar-refractivity contribution in [3.05, 3.63) is 24.3 Å². The number of carbonyl (C=O) groups excluding carboxylic acids is 1. The molecule has 0 radical (unpaired) electrons. The van der Waals surface area contributed by atoms with Crippen molar-refractivity contribution in [3.63, 3.8) is 0 Å². The topological polar surface area (TPSA) is 38.3 Å². The Morgan fingerprint density at radius 3 is 2.59 bits per heavy atom. The average molecular weight is 269 g/mol. The maximum absolute atomic E-state index is 11.7. The van der Waals surface area contributed by atoms with Crippen LogP contribution in [0.5, 0.6) is 5.75 Å². The van der Waals surface area contributed by atoms with E-state index in [2.05, 4.69) is 25.0 Å². The summed E-state index contributed by atoms with van der Waals surface area (Å²) in [5.41, 5.74) is 0.725. The Balaban J connectivity index is 2.56. The third kappa shape index (κ3) is 5.28. The van der Waals surface area contributed by atoms with Gasteiger partial charge in [0.2, 0.25) is 0 Å². The predicted octanol–water partition coefficient (Wildman–Crippen LogP) is 3.84. The number of para-hydroxylation sites is 2. The minimum Gasteiger partial charge on any atom is -0.495 e. The van der Waals surface area contributed by atoms with Crippen LogP contribution in [0.4, 0.5) is 10.5 Å². The van der Waals surface area contributed by atoms with Crippen molar-refractivity contribution in [1.29, 1.82) is 0 Å². The maximum atomic E-state index is 11.7. The van der Waals surface area contributed by atoms with Gasteiger partial charge in [-0.1, -0.05) is 43.5 Å². The summed E-state index contributed by atoms with van der Waals surface area (Å²) < 4.78 is 5.18. The van der Waals surface area contributed by atoms with Crippen molar-refractivity contribution in [2.75, 3.05) is 17.8 Å². The Morgan fingerprint density at radius 1 is 1.35 bits per heavy atom. The molecular formula is C12H19NO2SSi. The summed E-state index contributed by atoms with van der Waals surface area (Å²) in [7, 11) is 0.409. The monoisotopic (exact) mass is 269 g/mol. The van der Waals surface area contributed by atoms with E-state index in [9.17, 15) is 4.79 Å². The minimum atomic E-state index is -1.19. The van der Waals surface area contributed by atoms with Crippen LogP contribution >= 0.6 is 11.8 Å². The van der Waals surface area contributed by atoms with Crippen LogP contribution in [0.3, 0.4) is 0 Å². The van der Waals surface area contributed by atoms with Crippen LogP contribution in [0.1, 0.15) is 0 Å². The molecule has 0 saturated carbocycles. The van der Waals surface area contributed by atoms with Crippen molar-refractivity contribution in [1.82, 2.24) is 0 Å². The molecule has 3 nitrogen and oxygen atoms in total. The molecule has 17 heavy (non-hydrogen) atoms. The van der Waals surface area contributed by atoms with E-state index in [-0.39, 0.29) is 5.24 Å². The van der Waals surface area contributed by atoms with Gasteiger partial charge in [-0.25, -0.2) is 0 Å². The van der Waals surface area contributed by atoms with Gasteiger partial charge in [0.15, 0.2) is 0 Å². The fourth-order valence-corrected chi connectivity index (χ4v) is 3.61. The molecule has 0 unspecified atom stereocenters. The normalized spacial score (nSPS) is 11.1. The minimum absolute atomic E-state index is 0.0167. The second-order valence-electron chi connectivity index (χ2n) is 4.96. The van der Waals surface area contributed by atoms with Gasteiger partial charge in [-0.05, 0) is 17.5 Å². The van der Waals surface area contributed by atoms with E-state index < -0.39 is 8.07 Å².